The van der Waals surface area contributed by atoms with Crippen LogP contribution in [0, 0.1) is 0 Å². The molecule has 0 aromatic heterocycles. The van der Waals surface area contributed by atoms with E-state index in [-0.39, 0.29) is 12.0 Å². The molecule has 1 saturated heterocycles. The molecule has 1 heterocycles. The second kappa shape index (κ2) is 9.28. The van der Waals surface area contributed by atoms with Crippen molar-refractivity contribution in [3.8, 4) is 0 Å². The Morgan fingerprint density at radius 3 is 2.89 bits per heavy atom. The first-order valence-corrected chi connectivity index (χ1v) is 7.36. The van der Waals surface area contributed by atoms with Crippen molar-refractivity contribution in [2.75, 3.05) is 39.9 Å². The highest BCUT2D eigenvalue weighted by Gasteiger charge is 2.26. The van der Waals surface area contributed by atoms with E-state index in [0.717, 1.165) is 38.9 Å². The van der Waals surface area contributed by atoms with Crippen LogP contribution in [0.2, 0.25) is 0 Å². The maximum absolute atomic E-state index is 11.9. The van der Waals surface area contributed by atoms with Gasteiger partial charge in [0.15, 0.2) is 0 Å². The Kier molecular flexibility index (Phi) is 8.02. The van der Waals surface area contributed by atoms with Gasteiger partial charge < -0.3 is 14.8 Å². The predicted octanol–water partition coefficient (Wildman–Crippen LogP) is 1.03. The molecule has 5 nitrogen and oxygen atoms in total. The number of hydrogen-bond donors (Lipinski definition) is 1. The Morgan fingerprint density at radius 2 is 2.26 bits per heavy atom. The number of nitrogens with zero attached hydrogens (tertiary/aromatic N) is 1. The zero-order chi connectivity index (χ0) is 14.1. The molecule has 19 heavy (non-hydrogen) atoms. The third-order valence-electron chi connectivity index (χ3n) is 3.45. The summed E-state index contributed by atoms with van der Waals surface area (Å²) in [4.78, 5) is 14.2. The first kappa shape index (κ1) is 16.4. The van der Waals surface area contributed by atoms with Gasteiger partial charge in [-0.15, -0.1) is 0 Å². The van der Waals surface area contributed by atoms with Gasteiger partial charge in [0.1, 0.15) is 6.04 Å². The van der Waals surface area contributed by atoms with Gasteiger partial charge in [-0.1, -0.05) is 6.92 Å². The second-order valence-corrected chi connectivity index (χ2v) is 5.02. The lowest BCUT2D eigenvalue weighted by Gasteiger charge is -2.33. The zero-order valence-corrected chi connectivity index (χ0v) is 12.5. The topological polar surface area (TPSA) is 50.8 Å². The fourth-order valence-electron chi connectivity index (χ4n) is 2.41. The maximum atomic E-state index is 11.9. The largest absolute Gasteiger partial charge is 0.465 e. The highest BCUT2D eigenvalue weighted by molar-refractivity contribution is 5.76. The van der Waals surface area contributed by atoms with E-state index in [1.54, 1.807) is 7.11 Å². The van der Waals surface area contributed by atoms with Crippen molar-refractivity contribution in [2.24, 2.45) is 0 Å². The molecule has 0 aromatic carbocycles. The van der Waals surface area contributed by atoms with E-state index in [1.807, 2.05) is 6.92 Å². The van der Waals surface area contributed by atoms with Crippen LogP contribution in [0.25, 0.3) is 0 Å². The summed E-state index contributed by atoms with van der Waals surface area (Å²) in [5.74, 6) is -0.143. The van der Waals surface area contributed by atoms with Gasteiger partial charge in [0.25, 0.3) is 0 Å². The van der Waals surface area contributed by atoms with E-state index < -0.39 is 0 Å². The molecule has 0 spiro atoms. The van der Waals surface area contributed by atoms with Crippen LogP contribution >= 0.6 is 0 Å². The number of hydrogen-bond acceptors (Lipinski definition) is 5. The lowest BCUT2D eigenvalue weighted by Crippen LogP contribution is -2.50. The third kappa shape index (κ3) is 5.89. The first-order chi connectivity index (χ1) is 9.21. The summed E-state index contributed by atoms with van der Waals surface area (Å²) in [7, 11) is 1.76. The Hall–Kier alpha value is -0.650. The molecule has 1 rings (SSSR count). The number of rotatable bonds is 8. The van der Waals surface area contributed by atoms with Crippen molar-refractivity contribution >= 4 is 5.97 Å². The number of carbonyl (C=O) groups is 1. The van der Waals surface area contributed by atoms with Crippen LogP contribution < -0.4 is 5.32 Å². The minimum absolute atomic E-state index is 0.143. The number of likely N-dealkylation sites (tertiary alicyclic amines) is 1. The van der Waals surface area contributed by atoms with Crippen LogP contribution in [0.3, 0.4) is 0 Å². The van der Waals surface area contributed by atoms with Crippen LogP contribution in [-0.4, -0.2) is 62.9 Å². The van der Waals surface area contributed by atoms with E-state index in [0.29, 0.717) is 19.3 Å². The van der Waals surface area contributed by atoms with Crippen molar-refractivity contribution < 1.29 is 14.3 Å². The Balaban J connectivity index is 2.47. The summed E-state index contributed by atoms with van der Waals surface area (Å²) in [6, 6.07) is -0.226. The van der Waals surface area contributed by atoms with E-state index >= 15 is 0 Å². The van der Waals surface area contributed by atoms with Crippen molar-refractivity contribution in [3.05, 3.63) is 0 Å². The zero-order valence-electron chi connectivity index (χ0n) is 12.5. The van der Waals surface area contributed by atoms with Gasteiger partial charge in [-0.3, -0.25) is 9.69 Å². The third-order valence-corrected chi connectivity index (χ3v) is 3.45. The van der Waals surface area contributed by atoms with Crippen LogP contribution in [-0.2, 0) is 14.3 Å². The monoisotopic (exact) mass is 272 g/mol. The summed E-state index contributed by atoms with van der Waals surface area (Å²) in [6.45, 7) is 7.85. The minimum atomic E-state index is -0.226. The first-order valence-electron chi connectivity index (χ1n) is 7.36. The van der Waals surface area contributed by atoms with Crippen molar-refractivity contribution in [1.82, 2.24) is 10.2 Å². The number of carbonyl (C=O) groups excluding carboxylic acids is 1. The molecule has 1 aliphatic rings. The van der Waals surface area contributed by atoms with E-state index in [9.17, 15) is 4.79 Å². The Labute approximate surface area is 116 Å². The van der Waals surface area contributed by atoms with Crippen molar-refractivity contribution in [3.63, 3.8) is 0 Å². The number of methoxy groups -OCH3 is 1. The van der Waals surface area contributed by atoms with Crippen LogP contribution in [0.1, 0.15) is 33.1 Å². The van der Waals surface area contributed by atoms with Gasteiger partial charge in [-0.2, -0.15) is 0 Å². The van der Waals surface area contributed by atoms with Gasteiger partial charge in [-0.25, -0.2) is 0 Å². The summed E-state index contributed by atoms with van der Waals surface area (Å²) in [5, 5.41) is 3.28. The quantitative estimate of drug-likeness (QED) is 0.669. The average Bonchev–Trinajstić information content (AvgIpc) is 2.43. The highest BCUT2D eigenvalue weighted by Crippen LogP contribution is 2.13. The molecule has 5 heteroatoms. The van der Waals surface area contributed by atoms with Crippen molar-refractivity contribution in [2.45, 2.75) is 45.3 Å². The van der Waals surface area contributed by atoms with E-state index in [2.05, 4.69) is 17.1 Å². The Bertz CT molecular complexity index is 261. The molecule has 2 unspecified atom stereocenters. The minimum Gasteiger partial charge on any atom is -0.465 e. The van der Waals surface area contributed by atoms with E-state index in [4.69, 9.17) is 9.47 Å². The molecule has 112 valence electrons. The van der Waals surface area contributed by atoms with Gasteiger partial charge in [-0.05, 0) is 39.3 Å². The SMILES string of the molecule is CCCNC(CN1CCCC(OC)C1)C(=O)OCC. The maximum Gasteiger partial charge on any atom is 0.324 e. The number of ether oxygens (including phenoxy) is 2. The Morgan fingerprint density at radius 1 is 1.47 bits per heavy atom. The number of piperidine rings is 1. The van der Waals surface area contributed by atoms with Crippen molar-refractivity contribution in [1.29, 1.82) is 0 Å². The summed E-state index contributed by atoms with van der Waals surface area (Å²) in [5.41, 5.74) is 0. The lowest BCUT2D eigenvalue weighted by atomic mass is 10.1. The van der Waals surface area contributed by atoms with Gasteiger partial charge in [0, 0.05) is 20.2 Å². The average molecular weight is 272 g/mol. The second-order valence-electron chi connectivity index (χ2n) is 5.02. The number of nitrogens with one attached hydrogen (secondary N) is 1. The summed E-state index contributed by atoms with van der Waals surface area (Å²) < 4.78 is 10.6. The van der Waals surface area contributed by atoms with Gasteiger partial charge in [0.05, 0.1) is 12.7 Å². The summed E-state index contributed by atoms with van der Waals surface area (Å²) in [6.07, 6.45) is 3.54. The normalized spacial score (nSPS) is 22.2. The highest BCUT2D eigenvalue weighted by atomic mass is 16.5. The van der Waals surface area contributed by atoms with Crippen LogP contribution in [0.4, 0.5) is 0 Å². The summed E-state index contributed by atoms with van der Waals surface area (Å²) >= 11 is 0. The van der Waals surface area contributed by atoms with Crippen LogP contribution in [0.15, 0.2) is 0 Å². The van der Waals surface area contributed by atoms with E-state index in [1.165, 1.54) is 0 Å². The van der Waals surface area contributed by atoms with Crippen LogP contribution in [0.5, 0.6) is 0 Å². The molecular formula is C14H28N2O3. The van der Waals surface area contributed by atoms with Gasteiger partial charge >= 0.3 is 5.97 Å². The molecule has 1 N–H and O–H groups in total. The lowest BCUT2D eigenvalue weighted by molar-refractivity contribution is -0.146. The fraction of sp³-hybridized carbons (Fsp3) is 0.929. The molecule has 0 aliphatic carbocycles. The number of esters is 1. The predicted molar refractivity (Wildman–Crippen MR) is 75.2 cm³/mol. The molecule has 0 bridgehead atoms. The molecule has 0 saturated carbocycles. The standard InChI is InChI=1S/C14H28N2O3/c1-4-8-15-13(14(17)19-5-2)11-16-9-6-7-12(10-16)18-3/h12-13,15H,4-11H2,1-3H3. The molecule has 2 atom stereocenters. The molecule has 1 aliphatic heterocycles. The molecule has 0 amide bonds. The van der Waals surface area contributed by atoms with Gasteiger partial charge in [0.2, 0.25) is 0 Å². The molecule has 0 radical (unpaired) electrons. The fourth-order valence-corrected chi connectivity index (χ4v) is 2.41. The molecule has 1 fully saturated rings. The molecule has 0 aromatic rings. The smallest absolute Gasteiger partial charge is 0.324 e. The molecular weight excluding hydrogens is 244 g/mol.